The van der Waals surface area contributed by atoms with Crippen LogP contribution in [0.2, 0.25) is 0 Å². The number of rotatable bonds is 9. The highest BCUT2D eigenvalue weighted by Gasteiger charge is 2.16. The molecule has 2 aromatic carbocycles. The predicted octanol–water partition coefficient (Wildman–Crippen LogP) is 5.68. The summed E-state index contributed by atoms with van der Waals surface area (Å²) in [5.41, 5.74) is 4.27. The van der Waals surface area contributed by atoms with Crippen molar-refractivity contribution in [2.75, 3.05) is 21.9 Å². The van der Waals surface area contributed by atoms with Gasteiger partial charge >= 0.3 is 0 Å². The third kappa shape index (κ3) is 5.46. The van der Waals surface area contributed by atoms with Crippen LogP contribution in [-0.4, -0.2) is 34.9 Å². The van der Waals surface area contributed by atoms with Gasteiger partial charge in [0.15, 0.2) is 5.13 Å². The van der Waals surface area contributed by atoms with Crippen molar-refractivity contribution in [2.45, 2.75) is 32.1 Å². The fraction of sp³-hybridized carbons (Fsp3) is 0.192. The Morgan fingerprint density at radius 1 is 1.03 bits per heavy atom. The largest absolute Gasteiger partial charge is 0.370 e. The van der Waals surface area contributed by atoms with E-state index in [1.54, 1.807) is 36.6 Å². The number of aromatic nitrogens is 4. The van der Waals surface area contributed by atoms with Crippen LogP contribution < -0.4 is 15.4 Å². The monoisotopic (exact) mass is 551 g/mol. The van der Waals surface area contributed by atoms with Crippen molar-refractivity contribution in [3.8, 4) is 0 Å². The molecule has 0 saturated carbocycles. The molecule has 0 aliphatic heterocycles. The Morgan fingerprint density at radius 2 is 1.79 bits per heavy atom. The molecule has 0 unspecified atom stereocenters. The molecule has 0 saturated heterocycles. The van der Waals surface area contributed by atoms with Gasteiger partial charge in [0.25, 0.3) is 10.0 Å². The summed E-state index contributed by atoms with van der Waals surface area (Å²) >= 11 is 1.21. The molecule has 4 N–H and O–H groups in total. The fourth-order valence-electron chi connectivity index (χ4n) is 4.31. The summed E-state index contributed by atoms with van der Waals surface area (Å²) in [6.07, 6.45) is 2.22. The summed E-state index contributed by atoms with van der Waals surface area (Å²) in [6.45, 7) is 6.33. The maximum atomic E-state index is 14.3. The van der Waals surface area contributed by atoms with Gasteiger partial charge in [-0.25, -0.2) is 27.8 Å². The first-order valence-corrected chi connectivity index (χ1v) is 14.2. The van der Waals surface area contributed by atoms with E-state index in [0.29, 0.717) is 46.8 Å². The number of H-pyrrole nitrogens is 1. The fourth-order valence-corrected chi connectivity index (χ4v) is 6.10. The topological polar surface area (TPSA) is 125 Å². The average Bonchev–Trinajstić information content (AvgIpc) is 3.49. The molecule has 196 valence electrons. The number of hydrogen-bond donors (Lipinski definition) is 4. The standard InChI is InChI=1S/C26H26FN7O2S2/c1-15-4-9-21(27)25-24(15)20(16(2)30-25)10-11-28-22-14-23(32-17(3)31-22)33-18-5-7-19(8-6-18)38(35,36)34-26-29-12-13-37-26/h4-9,12-14,30H,10-11H2,1-3H3,(H,29,34)(H2,28,31,32,33). The minimum atomic E-state index is -3.73. The van der Waals surface area contributed by atoms with Crippen molar-refractivity contribution < 1.29 is 12.8 Å². The van der Waals surface area contributed by atoms with E-state index < -0.39 is 10.0 Å². The first-order valence-electron chi connectivity index (χ1n) is 11.8. The van der Waals surface area contributed by atoms with Gasteiger partial charge < -0.3 is 15.6 Å². The first-order chi connectivity index (χ1) is 18.2. The van der Waals surface area contributed by atoms with E-state index in [1.165, 1.54) is 35.7 Å². The minimum Gasteiger partial charge on any atom is -0.370 e. The summed E-state index contributed by atoms with van der Waals surface area (Å²) in [4.78, 5) is 16.2. The van der Waals surface area contributed by atoms with Gasteiger partial charge in [-0.05, 0) is 68.7 Å². The van der Waals surface area contributed by atoms with Crippen LogP contribution >= 0.6 is 11.3 Å². The maximum Gasteiger partial charge on any atom is 0.263 e. The van der Waals surface area contributed by atoms with Crippen molar-refractivity contribution in [2.24, 2.45) is 0 Å². The number of anilines is 4. The Bertz CT molecular complexity index is 1700. The van der Waals surface area contributed by atoms with E-state index in [0.717, 1.165) is 22.2 Å². The Labute approximate surface area is 223 Å². The molecular formula is C26H26FN7O2S2. The molecule has 0 atom stereocenters. The van der Waals surface area contributed by atoms with E-state index in [2.05, 4.69) is 35.3 Å². The molecule has 3 heterocycles. The molecule has 0 amide bonds. The van der Waals surface area contributed by atoms with Crippen LogP contribution in [0, 0.1) is 26.6 Å². The number of nitrogens with one attached hydrogen (secondary N) is 4. The Kier molecular flexibility index (Phi) is 7.00. The lowest BCUT2D eigenvalue weighted by atomic mass is 10.0. The van der Waals surface area contributed by atoms with Crippen LogP contribution in [0.1, 0.15) is 22.6 Å². The molecular weight excluding hydrogens is 525 g/mol. The highest BCUT2D eigenvalue weighted by molar-refractivity contribution is 7.93. The quantitative estimate of drug-likeness (QED) is 0.186. The number of fused-ring (bicyclic) bond motifs is 1. The van der Waals surface area contributed by atoms with Gasteiger partial charge in [0.1, 0.15) is 23.3 Å². The molecule has 9 nitrogen and oxygen atoms in total. The zero-order valence-corrected chi connectivity index (χ0v) is 22.6. The number of benzene rings is 2. The highest BCUT2D eigenvalue weighted by atomic mass is 32.2. The van der Waals surface area contributed by atoms with Crippen LogP contribution in [0.4, 0.5) is 26.8 Å². The minimum absolute atomic E-state index is 0.127. The van der Waals surface area contributed by atoms with Crippen molar-refractivity contribution in [3.63, 3.8) is 0 Å². The number of nitrogens with zero attached hydrogens (tertiary/aromatic N) is 3. The van der Waals surface area contributed by atoms with Crippen molar-refractivity contribution in [1.29, 1.82) is 0 Å². The van der Waals surface area contributed by atoms with Crippen LogP contribution in [0.5, 0.6) is 0 Å². The Hall–Kier alpha value is -4.03. The molecule has 5 aromatic rings. The number of aromatic amines is 1. The molecule has 0 radical (unpaired) electrons. The molecule has 38 heavy (non-hydrogen) atoms. The smallest absolute Gasteiger partial charge is 0.263 e. The average molecular weight is 552 g/mol. The normalized spacial score (nSPS) is 11.6. The number of hydrogen-bond acceptors (Lipinski definition) is 8. The predicted molar refractivity (Wildman–Crippen MR) is 149 cm³/mol. The van der Waals surface area contributed by atoms with E-state index in [1.807, 2.05) is 13.8 Å². The number of halogens is 1. The number of thiazole rings is 1. The second-order valence-electron chi connectivity index (χ2n) is 8.80. The summed E-state index contributed by atoms with van der Waals surface area (Å²) in [7, 11) is -3.73. The van der Waals surface area contributed by atoms with Crippen LogP contribution in [0.15, 0.2) is 58.9 Å². The second kappa shape index (κ2) is 10.4. The van der Waals surface area contributed by atoms with Gasteiger partial charge in [-0.2, -0.15) is 0 Å². The molecule has 0 aliphatic carbocycles. The zero-order valence-electron chi connectivity index (χ0n) is 21.0. The zero-order chi connectivity index (χ0) is 26.9. The maximum absolute atomic E-state index is 14.3. The third-order valence-corrected chi connectivity index (χ3v) is 8.21. The Balaban J connectivity index is 1.26. The van der Waals surface area contributed by atoms with Gasteiger partial charge in [-0.3, -0.25) is 4.72 Å². The van der Waals surface area contributed by atoms with Crippen molar-refractivity contribution in [1.82, 2.24) is 19.9 Å². The second-order valence-corrected chi connectivity index (χ2v) is 11.4. The molecule has 0 spiro atoms. The summed E-state index contributed by atoms with van der Waals surface area (Å²) in [5.74, 6) is 1.53. The van der Waals surface area contributed by atoms with Gasteiger partial charge in [0.2, 0.25) is 0 Å². The van der Waals surface area contributed by atoms with Crippen molar-refractivity contribution >= 4 is 54.7 Å². The highest BCUT2D eigenvalue weighted by Crippen LogP contribution is 2.28. The molecule has 0 aliphatic rings. The lowest BCUT2D eigenvalue weighted by Crippen LogP contribution is -2.12. The number of aryl methyl sites for hydroxylation is 3. The van der Waals surface area contributed by atoms with Gasteiger partial charge in [0.05, 0.1) is 10.4 Å². The van der Waals surface area contributed by atoms with E-state index in [-0.39, 0.29) is 10.7 Å². The van der Waals surface area contributed by atoms with Crippen LogP contribution in [-0.2, 0) is 16.4 Å². The molecule has 0 fully saturated rings. The Morgan fingerprint density at radius 3 is 2.53 bits per heavy atom. The third-order valence-electron chi connectivity index (χ3n) is 6.04. The van der Waals surface area contributed by atoms with Gasteiger partial charge in [-0.1, -0.05) is 6.07 Å². The summed E-state index contributed by atoms with van der Waals surface area (Å²) in [6, 6.07) is 11.4. The SMILES string of the molecule is Cc1nc(NCCc2c(C)[nH]c3c(F)ccc(C)c23)cc(Nc2ccc(S(=O)(=O)Nc3nccs3)cc2)n1. The summed E-state index contributed by atoms with van der Waals surface area (Å²) < 4.78 is 41.8. The van der Waals surface area contributed by atoms with Gasteiger partial charge in [-0.15, -0.1) is 11.3 Å². The van der Waals surface area contributed by atoms with Crippen LogP contribution in [0.25, 0.3) is 10.9 Å². The lowest BCUT2D eigenvalue weighted by Gasteiger charge is -2.11. The molecule has 5 rings (SSSR count). The summed E-state index contributed by atoms with van der Waals surface area (Å²) in [5, 5.41) is 9.47. The molecule has 3 aromatic heterocycles. The number of sulfonamides is 1. The lowest BCUT2D eigenvalue weighted by molar-refractivity contribution is 0.601. The molecule has 12 heteroatoms. The van der Waals surface area contributed by atoms with E-state index in [4.69, 9.17) is 0 Å². The first kappa shape index (κ1) is 25.6. The van der Waals surface area contributed by atoms with Crippen molar-refractivity contribution in [3.05, 3.63) is 82.5 Å². The molecule has 0 bridgehead atoms. The van der Waals surface area contributed by atoms with Gasteiger partial charge in [0, 0.05) is 41.0 Å². The van der Waals surface area contributed by atoms with E-state index in [9.17, 15) is 12.8 Å². The van der Waals surface area contributed by atoms with Crippen LogP contribution in [0.3, 0.4) is 0 Å². The van der Waals surface area contributed by atoms with E-state index >= 15 is 0 Å².